The number of nitrogens with two attached hydrogens (primary N) is 1. The summed E-state index contributed by atoms with van der Waals surface area (Å²) in [5.74, 6) is 1.29. The summed E-state index contributed by atoms with van der Waals surface area (Å²) in [5, 5.41) is 0.731. The van der Waals surface area contributed by atoms with E-state index in [-0.39, 0.29) is 0 Å². The van der Waals surface area contributed by atoms with E-state index >= 15 is 0 Å². The van der Waals surface area contributed by atoms with E-state index in [0.717, 1.165) is 5.25 Å². The van der Waals surface area contributed by atoms with Gasteiger partial charge >= 0.3 is 0 Å². The molecule has 0 aliphatic heterocycles. The van der Waals surface area contributed by atoms with E-state index in [1.807, 2.05) is 0 Å². The Morgan fingerprint density at radius 3 is 2.00 bits per heavy atom. The summed E-state index contributed by atoms with van der Waals surface area (Å²) in [4.78, 5) is 0. The Bertz CT molecular complexity index is 172. The molecule has 0 heterocycles. The molecule has 0 aromatic carbocycles. The second-order valence-electron chi connectivity index (χ2n) is 5.48. The molecule has 2 heteroatoms. The number of hydrogen-bond donors (Lipinski definition) is 1. The third-order valence-electron chi connectivity index (χ3n) is 3.79. The maximum absolute atomic E-state index is 6.38. The molecule has 1 aliphatic carbocycles. The molecule has 1 saturated carbocycles. The van der Waals surface area contributed by atoms with Crippen molar-refractivity contribution in [1.82, 2.24) is 0 Å². The first-order chi connectivity index (χ1) is 8.34. The quantitative estimate of drug-likeness (QED) is 0.790. The van der Waals surface area contributed by atoms with E-state index in [1.165, 1.54) is 76.4 Å². The van der Waals surface area contributed by atoms with Crippen LogP contribution in [0.4, 0.5) is 0 Å². The number of rotatable bonds is 3. The highest BCUT2D eigenvalue weighted by Crippen LogP contribution is 2.25. The molecule has 1 nitrogen and oxygen atoms in total. The summed E-state index contributed by atoms with van der Waals surface area (Å²) in [6, 6.07) is 0.450. The van der Waals surface area contributed by atoms with Crippen LogP contribution in [0.25, 0.3) is 0 Å². The lowest BCUT2D eigenvalue weighted by Crippen LogP contribution is -2.32. The smallest absolute Gasteiger partial charge is 0.0198 e. The predicted octanol–water partition coefficient (Wildman–Crippen LogP) is 4.74. The molecule has 0 saturated heterocycles. The normalized spacial score (nSPS) is 29.3. The van der Waals surface area contributed by atoms with Gasteiger partial charge in [-0.2, -0.15) is 11.8 Å². The van der Waals surface area contributed by atoms with Crippen molar-refractivity contribution in [2.45, 2.75) is 88.8 Å². The molecule has 2 atom stereocenters. The summed E-state index contributed by atoms with van der Waals surface area (Å²) in [6.45, 7) is 2.27. The molecule has 2 N–H and O–H groups in total. The monoisotopic (exact) mass is 257 g/mol. The van der Waals surface area contributed by atoms with Crippen LogP contribution in [0, 0.1) is 0 Å². The maximum atomic E-state index is 6.38. The van der Waals surface area contributed by atoms with Crippen LogP contribution >= 0.6 is 11.8 Å². The Morgan fingerprint density at radius 2 is 1.41 bits per heavy atom. The Kier molecular flexibility index (Phi) is 9.27. The summed E-state index contributed by atoms with van der Waals surface area (Å²) in [6.07, 6.45) is 15.2. The lowest BCUT2D eigenvalue weighted by molar-refractivity contribution is 0.473. The molecule has 0 spiro atoms. The van der Waals surface area contributed by atoms with E-state index in [9.17, 15) is 0 Å². The highest BCUT2D eigenvalue weighted by atomic mass is 32.2. The van der Waals surface area contributed by atoms with Gasteiger partial charge in [0, 0.05) is 11.3 Å². The van der Waals surface area contributed by atoms with Crippen LogP contribution in [-0.2, 0) is 0 Å². The van der Waals surface area contributed by atoms with Crippen molar-refractivity contribution in [3.05, 3.63) is 0 Å². The topological polar surface area (TPSA) is 26.0 Å². The zero-order valence-electron chi connectivity index (χ0n) is 11.6. The van der Waals surface area contributed by atoms with E-state index < -0.39 is 0 Å². The molecule has 0 aromatic rings. The minimum absolute atomic E-state index is 0.450. The van der Waals surface area contributed by atoms with Crippen LogP contribution in [0.1, 0.15) is 77.6 Å². The van der Waals surface area contributed by atoms with Crippen molar-refractivity contribution in [3.8, 4) is 0 Å². The fourth-order valence-electron chi connectivity index (χ4n) is 2.66. The van der Waals surface area contributed by atoms with Gasteiger partial charge in [0.1, 0.15) is 0 Å². The standard InChI is InChI=1S/C15H31NS/c1-2-13-17-15-12-10-8-6-4-3-5-7-9-11-14(15)16/h14-15H,2-13,16H2,1H3. The first-order valence-electron chi connectivity index (χ1n) is 7.71. The van der Waals surface area contributed by atoms with Crippen LogP contribution in [0.15, 0.2) is 0 Å². The molecule has 0 aromatic heterocycles. The summed E-state index contributed by atoms with van der Waals surface area (Å²) in [5.41, 5.74) is 6.38. The van der Waals surface area contributed by atoms with E-state index in [1.54, 1.807) is 0 Å². The van der Waals surface area contributed by atoms with Crippen molar-refractivity contribution >= 4 is 11.8 Å². The van der Waals surface area contributed by atoms with Gasteiger partial charge in [0.2, 0.25) is 0 Å². The van der Waals surface area contributed by atoms with Crippen molar-refractivity contribution in [3.63, 3.8) is 0 Å². The lowest BCUT2D eigenvalue weighted by Gasteiger charge is -2.24. The summed E-state index contributed by atoms with van der Waals surface area (Å²) >= 11 is 2.13. The minimum atomic E-state index is 0.450. The highest BCUT2D eigenvalue weighted by Gasteiger charge is 2.17. The number of thioether (sulfide) groups is 1. The van der Waals surface area contributed by atoms with E-state index in [0.29, 0.717) is 6.04 Å². The summed E-state index contributed by atoms with van der Waals surface area (Å²) < 4.78 is 0. The van der Waals surface area contributed by atoms with Gasteiger partial charge in [-0.15, -0.1) is 0 Å². The average molecular weight is 257 g/mol. The Balaban J connectivity index is 2.33. The van der Waals surface area contributed by atoms with E-state index in [4.69, 9.17) is 5.73 Å². The first kappa shape index (κ1) is 15.4. The predicted molar refractivity (Wildman–Crippen MR) is 80.7 cm³/mol. The van der Waals surface area contributed by atoms with Gasteiger partial charge in [-0.1, -0.05) is 58.3 Å². The van der Waals surface area contributed by atoms with E-state index in [2.05, 4.69) is 18.7 Å². The van der Waals surface area contributed by atoms with Gasteiger partial charge in [0.25, 0.3) is 0 Å². The Morgan fingerprint density at radius 1 is 0.882 bits per heavy atom. The van der Waals surface area contributed by atoms with Crippen LogP contribution < -0.4 is 5.73 Å². The highest BCUT2D eigenvalue weighted by molar-refractivity contribution is 7.99. The lowest BCUT2D eigenvalue weighted by atomic mass is 9.98. The van der Waals surface area contributed by atoms with Gasteiger partial charge in [-0.3, -0.25) is 0 Å². The molecule has 1 aliphatic rings. The Labute approximate surface area is 112 Å². The van der Waals surface area contributed by atoms with Gasteiger partial charge in [0.05, 0.1) is 0 Å². The van der Waals surface area contributed by atoms with Crippen molar-refractivity contribution in [2.75, 3.05) is 5.75 Å². The van der Waals surface area contributed by atoms with Crippen molar-refractivity contribution in [1.29, 1.82) is 0 Å². The molecule has 0 radical (unpaired) electrons. The van der Waals surface area contributed by atoms with Crippen LogP contribution in [0.2, 0.25) is 0 Å². The van der Waals surface area contributed by atoms with Gasteiger partial charge in [0.15, 0.2) is 0 Å². The van der Waals surface area contributed by atoms with Gasteiger partial charge < -0.3 is 5.73 Å². The average Bonchev–Trinajstić information content (AvgIpc) is 2.33. The molecule has 1 rings (SSSR count). The molecular weight excluding hydrogens is 226 g/mol. The largest absolute Gasteiger partial charge is 0.327 e. The fraction of sp³-hybridized carbons (Fsp3) is 1.00. The molecular formula is C15H31NS. The third kappa shape index (κ3) is 7.35. The summed E-state index contributed by atoms with van der Waals surface area (Å²) in [7, 11) is 0. The maximum Gasteiger partial charge on any atom is 0.0198 e. The molecule has 0 amide bonds. The van der Waals surface area contributed by atoms with Crippen LogP contribution in [-0.4, -0.2) is 17.0 Å². The SMILES string of the molecule is CCCSC1CCCCCCCCCCC1N. The Hall–Kier alpha value is 0.310. The second kappa shape index (κ2) is 10.3. The minimum Gasteiger partial charge on any atom is -0.327 e. The zero-order chi connectivity index (χ0) is 12.3. The molecule has 1 fully saturated rings. The van der Waals surface area contributed by atoms with Crippen LogP contribution in [0.5, 0.6) is 0 Å². The molecule has 0 bridgehead atoms. The van der Waals surface area contributed by atoms with Crippen LogP contribution in [0.3, 0.4) is 0 Å². The number of hydrogen-bond acceptors (Lipinski definition) is 2. The van der Waals surface area contributed by atoms with Gasteiger partial charge in [-0.25, -0.2) is 0 Å². The fourth-order valence-corrected chi connectivity index (χ4v) is 3.92. The van der Waals surface area contributed by atoms with Gasteiger partial charge in [-0.05, 0) is 25.0 Å². The second-order valence-corrected chi connectivity index (χ2v) is 6.83. The first-order valence-corrected chi connectivity index (χ1v) is 8.76. The molecule has 102 valence electrons. The van der Waals surface area contributed by atoms with Crippen molar-refractivity contribution < 1.29 is 0 Å². The molecule has 17 heavy (non-hydrogen) atoms. The zero-order valence-corrected chi connectivity index (χ0v) is 12.4. The van der Waals surface area contributed by atoms with Crippen molar-refractivity contribution in [2.24, 2.45) is 5.73 Å². The molecule has 2 unspecified atom stereocenters. The third-order valence-corrected chi connectivity index (χ3v) is 5.45.